The fraction of sp³-hybridized carbons (Fsp3) is 0.0667. The first kappa shape index (κ1) is 14.5. The van der Waals surface area contributed by atoms with Crippen molar-refractivity contribution in [2.75, 3.05) is 5.32 Å². The van der Waals surface area contributed by atoms with Gasteiger partial charge in [-0.2, -0.15) is 0 Å². The third-order valence-corrected chi connectivity index (χ3v) is 2.96. The van der Waals surface area contributed by atoms with Crippen molar-refractivity contribution in [1.82, 2.24) is 0 Å². The van der Waals surface area contributed by atoms with E-state index in [1.165, 1.54) is 12.1 Å². The van der Waals surface area contributed by atoms with Gasteiger partial charge in [0.05, 0.1) is 5.56 Å². The molecular weight excluding hydrogens is 273 g/mol. The van der Waals surface area contributed by atoms with Crippen LogP contribution in [0.2, 0.25) is 0 Å². The average Bonchev–Trinajstić information content (AvgIpc) is 2.49. The topological polar surface area (TPSA) is 87.7 Å². The first-order valence-corrected chi connectivity index (χ1v) is 6.17. The van der Waals surface area contributed by atoms with Gasteiger partial charge in [0.2, 0.25) is 0 Å². The molecule has 0 aromatic heterocycles. The van der Waals surface area contributed by atoms with E-state index < -0.39 is 11.7 Å². The Morgan fingerprint density at radius 1 is 1.29 bits per heavy atom. The van der Waals surface area contributed by atoms with E-state index in [2.05, 4.69) is 10.5 Å². The zero-order valence-electron chi connectivity index (χ0n) is 11.3. The summed E-state index contributed by atoms with van der Waals surface area (Å²) in [5.74, 6) is -1.19. The summed E-state index contributed by atoms with van der Waals surface area (Å²) in [5.41, 5.74) is 6.70. The van der Waals surface area contributed by atoms with Gasteiger partial charge in [-0.3, -0.25) is 4.79 Å². The third-order valence-electron chi connectivity index (χ3n) is 2.96. The van der Waals surface area contributed by atoms with Gasteiger partial charge in [0.15, 0.2) is 5.84 Å². The van der Waals surface area contributed by atoms with Crippen molar-refractivity contribution in [3.8, 4) is 0 Å². The van der Waals surface area contributed by atoms with Crippen LogP contribution in [0.25, 0.3) is 0 Å². The van der Waals surface area contributed by atoms with Crippen molar-refractivity contribution in [2.24, 2.45) is 10.9 Å². The summed E-state index contributed by atoms with van der Waals surface area (Å²) in [6.45, 7) is 1.59. The molecule has 0 atom stereocenters. The van der Waals surface area contributed by atoms with Crippen LogP contribution in [0.5, 0.6) is 0 Å². The molecular formula is C15H14FN3O2. The monoisotopic (exact) mass is 287 g/mol. The smallest absolute Gasteiger partial charge is 0.258 e. The van der Waals surface area contributed by atoms with Gasteiger partial charge in [0.25, 0.3) is 5.91 Å². The number of rotatable bonds is 3. The number of nitrogens with zero attached hydrogens (tertiary/aromatic N) is 1. The van der Waals surface area contributed by atoms with Crippen molar-refractivity contribution in [2.45, 2.75) is 6.92 Å². The number of carbonyl (C=O) groups is 1. The number of oxime groups is 1. The lowest BCUT2D eigenvalue weighted by Crippen LogP contribution is -2.16. The molecule has 2 rings (SSSR count). The molecule has 0 aliphatic carbocycles. The van der Waals surface area contributed by atoms with Crippen molar-refractivity contribution in [1.29, 1.82) is 0 Å². The van der Waals surface area contributed by atoms with E-state index in [0.717, 1.165) is 0 Å². The summed E-state index contributed by atoms with van der Waals surface area (Å²) in [7, 11) is 0. The molecule has 6 heteroatoms. The zero-order chi connectivity index (χ0) is 15.4. The minimum absolute atomic E-state index is 0.0378. The third kappa shape index (κ3) is 3.17. The molecule has 21 heavy (non-hydrogen) atoms. The molecule has 108 valence electrons. The van der Waals surface area contributed by atoms with Crippen molar-refractivity contribution in [3.05, 3.63) is 65.0 Å². The summed E-state index contributed by atoms with van der Waals surface area (Å²) < 4.78 is 13.9. The molecule has 0 heterocycles. The predicted octanol–water partition coefficient (Wildman–Crippen LogP) is 2.48. The number of hydrogen-bond acceptors (Lipinski definition) is 3. The molecule has 0 aliphatic rings. The maximum absolute atomic E-state index is 13.9. The Morgan fingerprint density at radius 3 is 2.71 bits per heavy atom. The van der Waals surface area contributed by atoms with E-state index in [-0.39, 0.29) is 11.4 Å². The standard InChI is InChI=1S/C15H14FN3O2/c1-9-4-2-7-12(13(9)16)15(20)18-11-6-3-5-10(8-11)14(17)19-21/h2-8,21H,1H3,(H2,17,19)(H,18,20). The summed E-state index contributed by atoms with van der Waals surface area (Å²) in [6.07, 6.45) is 0. The Hall–Kier alpha value is -2.89. The molecule has 2 aromatic carbocycles. The minimum Gasteiger partial charge on any atom is -0.409 e. The van der Waals surface area contributed by atoms with Crippen LogP contribution in [0, 0.1) is 12.7 Å². The molecule has 0 fully saturated rings. The molecule has 2 aromatic rings. The van der Waals surface area contributed by atoms with E-state index in [1.807, 2.05) is 0 Å². The second-order valence-corrected chi connectivity index (χ2v) is 4.46. The number of hydrogen-bond donors (Lipinski definition) is 3. The highest BCUT2D eigenvalue weighted by molar-refractivity contribution is 6.05. The Labute approximate surface area is 120 Å². The number of benzene rings is 2. The molecule has 0 bridgehead atoms. The van der Waals surface area contributed by atoms with E-state index in [9.17, 15) is 9.18 Å². The number of anilines is 1. The molecule has 0 saturated carbocycles. The first-order chi connectivity index (χ1) is 10.0. The van der Waals surface area contributed by atoms with Crippen LogP contribution >= 0.6 is 0 Å². The molecule has 0 saturated heterocycles. The van der Waals surface area contributed by atoms with Crippen molar-refractivity contribution in [3.63, 3.8) is 0 Å². The van der Waals surface area contributed by atoms with E-state index in [0.29, 0.717) is 16.8 Å². The van der Waals surface area contributed by atoms with Crippen LogP contribution in [0.3, 0.4) is 0 Å². The van der Waals surface area contributed by atoms with Gasteiger partial charge >= 0.3 is 0 Å². The quantitative estimate of drug-likeness (QED) is 0.351. The van der Waals surface area contributed by atoms with E-state index in [4.69, 9.17) is 10.9 Å². The lowest BCUT2D eigenvalue weighted by Gasteiger charge is -2.08. The Morgan fingerprint density at radius 2 is 2.00 bits per heavy atom. The highest BCUT2D eigenvalue weighted by Crippen LogP contribution is 2.16. The molecule has 4 N–H and O–H groups in total. The van der Waals surface area contributed by atoms with Gasteiger partial charge in [-0.05, 0) is 30.7 Å². The Kier molecular flexibility index (Phi) is 4.18. The number of nitrogens with one attached hydrogen (secondary N) is 1. The average molecular weight is 287 g/mol. The van der Waals surface area contributed by atoms with Crippen molar-refractivity contribution < 1.29 is 14.4 Å². The van der Waals surface area contributed by atoms with Gasteiger partial charge in [0.1, 0.15) is 5.82 Å². The van der Waals surface area contributed by atoms with Crippen molar-refractivity contribution >= 4 is 17.4 Å². The maximum Gasteiger partial charge on any atom is 0.258 e. The molecule has 5 nitrogen and oxygen atoms in total. The van der Waals surface area contributed by atoms with Crippen LogP contribution in [0.15, 0.2) is 47.6 Å². The van der Waals surface area contributed by atoms with Crippen LogP contribution in [0.4, 0.5) is 10.1 Å². The van der Waals surface area contributed by atoms with Gasteiger partial charge in [-0.25, -0.2) is 4.39 Å². The molecule has 0 spiro atoms. The van der Waals surface area contributed by atoms with Crippen LogP contribution in [0.1, 0.15) is 21.5 Å². The number of carbonyl (C=O) groups excluding carboxylic acids is 1. The SMILES string of the molecule is Cc1cccc(C(=O)Nc2cccc(/C(N)=N/O)c2)c1F. The van der Waals surface area contributed by atoms with E-state index in [1.54, 1.807) is 37.3 Å². The summed E-state index contributed by atoms with van der Waals surface area (Å²) in [5, 5.41) is 14.1. The van der Waals surface area contributed by atoms with Crippen LogP contribution in [-0.2, 0) is 0 Å². The van der Waals surface area contributed by atoms with Gasteiger partial charge in [0, 0.05) is 11.3 Å². The normalized spacial score (nSPS) is 11.2. The number of aryl methyl sites for hydroxylation is 1. The fourth-order valence-corrected chi connectivity index (χ4v) is 1.84. The second-order valence-electron chi connectivity index (χ2n) is 4.46. The van der Waals surface area contributed by atoms with Gasteiger partial charge in [-0.1, -0.05) is 29.4 Å². The van der Waals surface area contributed by atoms with E-state index >= 15 is 0 Å². The fourth-order valence-electron chi connectivity index (χ4n) is 1.84. The summed E-state index contributed by atoms with van der Waals surface area (Å²) >= 11 is 0. The molecule has 0 unspecified atom stereocenters. The Balaban J connectivity index is 2.26. The van der Waals surface area contributed by atoms with Gasteiger partial charge < -0.3 is 16.3 Å². The predicted molar refractivity (Wildman–Crippen MR) is 78.0 cm³/mol. The number of halogens is 1. The number of amidine groups is 1. The summed E-state index contributed by atoms with van der Waals surface area (Å²) in [4.78, 5) is 12.1. The highest BCUT2D eigenvalue weighted by atomic mass is 19.1. The minimum atomic E-state index is -0.562. The molecule has 1 amide bonds. The highest BCUT2D eigenvalue weighted by Gasteiger charge is 2.13. The molecule has 0 radical (unpaired) electrons. The lowest BCUT2D eigenvalue weighted by molar-refractivity contribution is 0.102. The van der Waals surface area contributed by atoms with Crippen LogP contribution in [-0.4, -0.2) is 17.0 Å². The largest absolute Gasteiger partial charge is 0.409 e. The first-order valence-electron chi connectivity index (χ1n) is 6.17. The zero-order valence-corrected chi connectivity index (χ0v) is 11.3. The Bertz CT molecular complexity index is 714. The summed E-state index contributed by atoms with van der Waals surface area (Å²) in [6, 6.07) is 11.0. The number of amides is 1. The molecule has 0 aliphatic heterocycles. The number of nitrogens with two attached hydrogens (primary N) is 1. The van der Waals surface area contributed by atoms with Gasteiger partial charge in [-0.15, -0.1) is 0 Å². The second kappa shape index (κ2) is 6.04. The maximum atomic E-state index is 13.9. The lowest BCUT2D eigenvalue weighted by atomic mass is 10.1. The van der Waals surface area contributed by atoms with Crippen LogP contribution < -0.4 is 11.1 Å².